The summed E-state index contributed by atoms with van der Waals surface area (Å²) >= 11 is 0. The Balaban J connectivity index is 1.96. The maximum absolute atomic E-state index is 12.6. The standard InChI is InChI=1S/C16H15NO2S/c1-13-6-8-16(9-7-13)20(18,19)17-11-10-14-4-2-3-5-15(14)12-17/h2-11H,12H2,1H3. The number of nitrogens with zero attached hydrogens (tertiary/aromatic N) is 1. The summed E-state index contributed by atoms with van der Waals surface area (Å²) in [6.07, 6.45) is 3.47. The second-order valence-corrected chi connectivity index (χ2v) is 6.77. The maximum Gasteiger partial charge on any atom is 0.264 e. The van der Waals surface area contributed by atoms with Crippen LogP contribution in [-0.4, -0.2) is 12.7 Å². The van der Waals surface area contributed by atoms with Gasteiger partial charge in [0, 0.05) is 6.20 Å². The van der Waals surface area contributed by atoms with Crippen molar-refractivity contribution >= 4 is 16.1 Å². The molecule has 3 rings (SSSR count). The van der Waals surface area contributed by atoms with Gasteiger partial charge < -0.3 is 0 Å². The van der Waals surface area contributed by atoms with Crippen LogP contribution in [0.15, 0.2) is 59.6 Å². The van der Waals surface area contributed by atoms with E-state index in [1.54, 1.807) is 18.3 Å². The van der Waals surface area contributed by atoms with Crippen molar-refractivity contribution < 1.29 is 8.42 Å². The van der Waals surface area contributed by atoms with Crippen molar-refractivity contribution in [2.75, 3.05) is 0 Å². The van der Waals surface area contributed by atoms with Gasteiger partial charge in [-0.1, -0.05) is 42.0 Å². The number of aryl methyl sites for hydroxylation is 1. The molecule has 2 aromatic rings. The van der Waals surface area contributed by atoms with E-state index in [1.807, 2.05) is 49.4 Å². The number of fused-ring (bicyclic) bond motifs is 1. The molecule has 0 N–H and O–H groups in total. The zero-order chi connectivity index (χ0) is 14.2. The Hall–Kier alpha value is -2.07. The number of hydrogen-bond donors (Lipinski definition) is 0. The molecule has 0 amide bonds. The molecule has 1 aliphatic heterocycles. The SMILES string of the molecule is Cc1ccc(S(=O)(=O)N2C=Cc3ccccc3C2)cc1. The molecular formula is C16H15NO2S. The number of rotatable bonds is 2. The van der Waals surface area contributed by atoms with Crippen molar-refractivity contribution in [3.63, 3.8) is 0 Å². The Kier molecular flexibility index (Phi) is 3.10. The fourth-order valence-corrected chi connectivity index (χ4v) is 3.52. The van der Waals surface area contributed by atoms with Gasteiger partial charge in [0.15, 0.2) is 0 Å². The molecule has 0 aliphatic carbocycles. The summed E-state index contributed by atoms with van der Waals surface area (Å²) in [5.74, 6) is 0. The Morgan fingerprint density at radius 1 is 1.00 bits per heavy atom. The maximum atomic E-state index is 12.6. The molecule has 0 fully saturated rings. The summed E-state index contributed by atoms with van der Waals surface area (Å²) in [6, 6.07) is 14.8. The quantitative estimate of drug-likeness (QED) is 0.850. The highest BCUT2D eigenvalue weighted by atomic mass is 32.2. The Labute approximate surface area is 119 Å². The van der Waals surface area contributed by atoms with Crippen molar-refractivity contribution in [3.8, 4) is 0 Å². The van der Waals surface area contributed by atoms with Crippen molar-refractivity contribution in [3.05, 3.63) is 71.4 Å². The van der Waals surface area contributed by atoms with Crippen LogP contribution in [0.3, 0.4) is 0 Å². The Morgan fingerprint density at radius 3 is 2.45 bits per heavy atom. The van der Waals surface area contributed by atoms with Gasteiger partial charge in [0.05, 0.1) is 11.4 Å². The lowest BCUT2D eigenvalue weighted by molar-refractivity contribution is 0.493. The molecule has 1 heterocycles. The lowest BCUT2D eigenvalue weighted by Gasteiger charge is -2.25. The van der Waals surface area contributed by atoms with Gasteiger partial charge in [-0.05, 0) is 36.3 Å². The summed E-state index contributed by atoms with van der Waals surface area (Å²) in [4.78, 5) is 0.326. The Bertz CT molecular complexity index is 761. The van der Waals surface area contributed by atoms with E-state index in [0.29, 0.717) is 11.4 Å². The van der Waals surface area contributed by atoms with Crippen LogP contribution >= 0.6 is 0 Å². The lowest BCUT2D eigenvalue weighted by Crippen LogP contribution is -2.27. The molecule has 102 valence electrons. The topological polar surface area (TPSA) is 37.4 Å². The largest absolute Gasteiger partial charge is 0.269 e. The highest BCUT2D eigenvalue weighted by Gasteiger charge is 2.24. The van der Waals surface area contributed by atoms with Crippen LogP contribution in [0.5, 0.6) is 0 Å². The Morgan fingerprint density at radius 2 is 1.70 bits per heavy atom. The molecule has 2 aromatic carbocycles. The summed E-state index contributed by atoms with van der Waals surface area (Å²) in [6.45, 7) is 2.32. The number of benzene rings is 2. The van der Waals surface area contributed by atoms with Gasteiger partial charge in [-0.2, -0.15) is 0 Å². The third-order valence-corrected chi connectivity index (χ3v) is 5.17. The van der Waals surface area contributed by atoms with E-state index >= 15 is 0 Å². The second-order valence-electron chi connectivity index (χ2n) is 4.88. The van der Waals surface area contributed by atoms with Crippen LogP contribution in [0.2, 0.25) is 0 Å². The van der Waals surface area contributed by atoms with Crippen LogP contribution in [0.4, 0.5) is 0 Å². The van der Waals surface area contributed by atoms with E-state index in [2.05, 4.69) is 0 Å². The number of hydrogen-bond acceptors (Lipinski definition) is 2. The summed E-state index contributed by atoms with van der Waals surface area (Å²) in [5.41, 5.74) is 3.14. The highest BCUT2D eigenvalue weighted by molar-refractivity contribution is 7.89. The third-order valence-electron chi connectivity index (χ3n) is 3.43. The fraction of sp³-hybridized carbons (Fsp3) is 0.125. The molecule has 0 spiro atoms. The zero-order valence-electron chi connectivity index (χ0n) is 11.2. The monoisotopic (exact) mass is 285 g/mol. The first-order valence-corrected chi connectivity index (χ1v) is 7.86. The summed E-state index contributed by atoms with van der Waals surface area (Å²) in [5, 5.41) is 0. The highest BCUT2D eigenvalue weighted by Crippen LogP contribution is 2.25. The van der Waals surface area contributed by atoms with Gasteiger partial charge in [0.1, 0.15) is 0 Å². The van der Waals surface area contributed by atoms with Crippen LogP contribution in [0, 0.1) is 6.92 Å². The zero-order valence-corrected chi connectivity index (χ0v) is 12.0. The van der Waals surface area contributed by atoms with Crippen molar-refractivity contribution in [2.24, 2.45) is 0 Å². The van der Waals surface area contributed by atoms with Gasteiger partial charge in [-0.15, -0.1) is 0 Å². The van der Waals surface area contributed by atoms with E-state index in [-0.39, 0.29) is 0 Å². The molecule has 0 aromatic heterocycles. The van der Waals surface area contributed by atoms with Crippen molar-refractivity contribution in [1.82, 2.24) is 4.31 Å². The van der Waals surface area contributed by atoms with Crippen LogP contribution < -0.4 is 0 Å². The average molecular weight is 285 g/mol. The minimum Gasteiger partial charge on any atom is -0.269 e. The second kappa shape index (κ2) is 4.80. The minimum atomic E-state index is -3.47. The first kappa shape index (κ1) is 12.9. The molecule has 4 heteroatoms. The predicted octanol–water partition coefficient (Wildman–Crippen LogP) is 3.17. The molecule has 20 heavy (non-hydrogen) atoms. The fourth-order valence-electron chi connectivity index (χ4n) is 2.24. The van der Waals surface area contributed by atoms with Gasteiger partial charge in [-0.25, -0.2) is 8.42 Å². The molecule has 0 saturated carbocycles. The average Bonchev–Trinajstić information content (AvgIpc) is 2.47. The molecule has 0 radical (unpaired) electrons. The van der Waals surface area contributed by atoms with Gasteiger partial charge in [-0.3, -0.25) is 4.31 Å². The van der Waals surface area contributed by atoms with Gasteiger partial charge in [0.2, 0.25) is 0 Å². The van der Waals surface area contributed by atoms with E-state index in [1.165, 1.54) is 4.31 Å². The van der Waals surface area contributed by atoms with E-state index in [0.717, 1.165) is 16.7 Å². The normalized spacial score (nSPS) is 14.2. The molecule has 0 bridgehead atoms. The lowest BCUT2D eigenvalue weighted by atomic mass is 10.1. The molecule has 1 aliphatic rings. The molecule has 0 atom stereocenters. The summed E-state index contributed by atoms with van der Waals surface area (Å²) < 4.78 is 26.6. The third kappa shape index (κ3) is 2.23. The van der Waals surface area contributed by atoms with Crippen molar-refractivity contribution in [2.45, 2.75) is 18.4 Å². The predicted molar refractivity (Wildman–Crippen MR) is 79.4 cm³/mol. The summed E-state index contributed by atoms with van der Waals surface area (Å²) in [7, 11) is -3.47. The smallest absolute Gasteiger partial charge is 0.264 e. The van der Waals surface area contributed by atoms with E-state index in [4.69, 9.17) is 0 Å². The van der Waals surface area contributed by atoms with Gasteiger partial charge >= 0.3 is 0 Å². The number of sulfonamides is 1. The van der Waals surface area contributed by atoms with Gasteiger partial charge in [0.25, 0.3) is 10.0 Å². The minimum absolute atomic E-state index is 0.326. The van der Waals surface area contributed by atoms with E-state index < -0.39 is 10.0 Å². The molecular weight excluding hydrogens is 270 g/mol. The molecule has 0 unspecified atom stereocenters. The van der Waals surface area contributed by atoms with Crippen LogP contribution in [0.25, 0.3) is 6.08 Å². The van der Waals surface area contributed by atoms with Crippen LogP contribution in [-0.2, 0) is 16.6 Å². The molecule has 3 nitrogen and oxygen atoms in total. The first-order valence-electron chi connectivity index (χ1n) is 6.42. The first-order chi connectivity index (χ1) is 9.57. The van der Waals surface area contributed by atoms with Crippen molar-refractivity contribution in [1.29, 1.82) is 0 Å². The van der Waals surface area contributed by atoms with E-state index in [9.17, 15) is 8.42 Å². The molecule has 0 saturated heterocycles. The van der Waals surface area contributed by atoms with Crippen LogP contribution in [0.1, 0.15) is 16.7 Å².